The summed E-state index contributed by atoms with van der Waals surface area (Å²) in [6, 6.07) is 2.20. The van der Waals surface area contributed by atoms with Crippen LogP contribution in [0.3, 0.4) is 0 Å². The third-order valence-corrected chi connectivity index (χ3v) is 2.00. The summed E-state index contributed by atoms with van der Waals surface area (Å²) in [6.07, 6.45) is 0. The zero-order chi connectivity index (χ0) is 12.3. The van der Waals surface area contributed by atoms with Crippen molar-refractivity contribution in [3.8, 4) is 17.2 Å². The van der Waals surface area contributed by atoms with E-state index >= 15 is 0 Å². The molecule has 1 aromatic rings. The largest absolute Gasteiger partial charge is 0.504 e. The predicted octanol–water partition coefficient (Wildman–Crippen LogP) is 1.19. The van der Waals surface area contributed by atoms with E-state index in [4.69, 9.17) is 5.11 Å². The summed E-state index contributed by atoms with van der Waals surface area (Å²) in [5.41, 5.74) is 0.105. The lowest BCUT2D eigenvalue weighted by Crippen LogP contribution is -2.27. The van der Waals surface area contributed by atoms with Crippen molar-refractivity contribution >= 4 is 5.91 Å². The van der Waals surface area contributed by atoms with E-state index in [1.54, 1.807) is 0 Å². The molecule has 1 rings (SSSR count). The molecule has 0 bridgehead atoms. The third-order valence-electron chi connectivity index (χ3n) is 2.00. The normalized spacial score (nSPS) is 10.4. The fourth-order valence-electron chi connectivity index (χ4n) is 1.13. The van der Waals surface area contributed by atoms with Gasteiger partial charge in [-0.25, -0.2) is 0 Å². The van der Waals surface area contributed by atoms with Crippen molar-refractivity contribution in [3.63, 3.8) is 0 Å². The van der Waals surface area contributed by atoms with Crippen molar-refractivity contribution in [2.75, 3.05) is 6.54 Å². The minimum atomic E-state index is -0.625. The van der Waals surface area contributed by atoms with Crippen molar-refractivity contribution < 1.29 is 20.1 Å². The van der Waals surface area contributed by atoms with E-state index in [0.29, 0.717) is 12.5 Å². The first kappa shape index (κ1) is 12.2. The Morgan fingerprint density at radius 2 is 1.75 bits per heavy atom. The Morgan fingerprint density at radius 3 is 2.19 bits per heavy atom. The lowest BCUT2D eigenvalue weighted by atomic mass is 10.1. The highest BCUT2D eigenvalue weighted by atomic mass is 16.3. The van der Waals surface area contributed by atoms with Gasteiger partial charge in [-0.15, -0.1) is 0 Å². The summed E-state index contributed by atoms with van der Waals surface area (Å²) in [5.74, 6) is -1.76. The molecule has 0 aliphatic rings. The third kappa shape index (κ3) is 2.79. The Kier molecular flexibility index (Phi) is 3.60. The molecular weight excluding hydrogens is 210 g/mol. The number of hydrogen-bond acceptors (Lipinski definition) is 4. The molecule has 4 N–H and O–H groups in total. The van der Waals surface area contributed by atoms with Crippen LogP contribution in [-0.4, -0.2) is 27.8 Å². The first-order valence-corrected chi connectivity index (χ1v) is 4.95. The molecule has 0 saturated heterocycles. The Bertz CT molecular complexity index is 378. The van der Waals surface area contributed by atoms with Gasteiger partial charge >= 0.3 is 0 Å². The maximum atomic E-state index is 11.5. The van der Waals surface area contributed by atoms with E-state index in [1.807, 2.05) is 13.8 Å². The summed E-state index contributed by atoms with van der Waals surface area (Å²) in [5, 5.41) is 30.2. The smallest absolute Gasteiger partial charge is 0.251 e. The highest BCUT2D eigenvalue weighted by molar-refractivity contribution is 5.95. The van der Waals surface area contributed by atoms with Crippen LogP contribution in [0.1, 0.15) is 24.2 Å². The molecule has 0 radical (unpaired) electrons. The highest BCUT2D eigenvalue weighted by Crippen LogP contribution is 2.35. The van der Waals surface area contributed by atoms with Gasteiger partial charge in [-0.1, -0.05) is 13.8 Å². The second-order valence-electron chi connectivity index (χ2n) is 3.97. The van der Waals surface area contributed by atoms with Gasteiger partial charge in [0.15, 0.2) is 17.2 Å². The average Bonchev–Trinajstić information content (AvgIpc) is 2.21. The van der Waals surface area contributed by atoms with Crippen LogP contribution in [-0.2, 0) is 0 Å². The van der Waals surface area contributed by atoms with Gasteiger partial charge < -0.3 is 20.6 Å². The monoisotopic (exact) mass is 225 g/mol. The van der Waals surface area contributed by atoms with Gasteiger partial charge in [-0.3, -0.25) is 4.79 Å². The maximum Gasteiger partial charge on any atom is 0.251 e. The van der Waals surface area contributed by atoms with Crippen LogP contribution in [0.2, 0.25) is 0 Å². The van der Waals surface area contributed by atoms with E-state index < -0.39 is 23.2 Å². The van der Waals surface area contributed by atoms with Gasteiger partial charge in [-0.05, 0) is 18.1 Å². The molecule has 0 unspecified atom stereocenters. The van der Waals surface area contributed by atoms with E-state index in [1.165, 1.54) is 0 Å². The number of hydrogen-bond donors (Lipinski definition) is 4. The van der Waals surface area contributed by atoms with Crippen LogP contribution >= 0.6 is 0 Å². The molecule has 0 heterocycles. The number of rotatable bonds is 3. The summed E-state index contributed by atoms with van der Waals surface area (Å²) in [6.45, 7) is 4.40. The molecule has 1 aromatic carbocycles. The van der Waals surface area contributed by atoms with E-state index in [2.05, 4.69) is 5.32 Å². The van der Waals surface area contributed by atoms with E-state index in [0.717, 1.165) is 12.1 Å². The minimum Gasteiger partial charge on any atom is -0.504 e. The summed E-state index contributed by atoms with van der Waals surface area (Å²) in [7, 11) is 0. The summed E-state index contributed by atoms with van der Waals surface area (Å²) in [4.78, 5) is 11.5. The number of phenols is 3. The second kappa shape index (κ2) is 4.74. The number of carbonyl (C=O) groups excluding carboxylic acids is 1. The standard InChI is InChI=1S/C11H15NO4/c1-6(2)5-12-11(16)7-3-8(13)10(15)9(14)4-7/h3-4,6,13-15H,5H2,1-2H3,(H,12,16). The van der Waals surface area contributed by atoms with Gasteiger partial charge in [0.1, 0.15) is 0 Å². The molecule has 0 aliphatic carbocycles. The molecule has 0 atom stereocenters. The average molecular weight is 225 g/mol. The van der Waals surface area contributed by atoms with E-state index in [-0.39, 0.29) is 5.56 Å². The van der Waals surface area contributed by atoms with Gasteiger partial charge in [0.25, 0.3) is 5.91 Å². The molecule has 0 fully saturated rings. The number of amides is 1. The van der Waals surface area contributed by atoms with Crippen LogP contribution in [0.5, 0.6) is 17.2 Å². The van der Waals surface area contributed by atoms with Crippen LogP contribution in [0.4, 0.5) is 0 Å². The molecule has 0 saturated carbocycles. The molecular formula is C11H15NO4. The molecule has 1 amide bonds. The SMILES string of the molecule is CC(C)CNC(=O)c1cc(O)c(O)c(O)c1. The Morgan fingerprint density at radius 1 is 1.25 bits per heavy atom. The maximum absolute atomic E-state index is 11.5. The molecule has 5 heteroatoms. The quantitative estimate of drug-likeness (QED) is 0.582. The van der Waals surface area contributed by atoms with Gasteiger partial charge in [0, 0.05) is 12.1 Å². The number of benzene rings is 1. The fraction of sp³-hybridized carbons (Fsp3) is 0.364. The molecule has 0 aromatic heterocycles. The zero-order valence-corrected chi connectivity index (χ0v) is 9.19. The Labute approximate surface area is 93.4 Å². The zero-order valence-electron chi connectivity index (χ0n) is 9.19. The number of phenolic OH excluding ortho intramolecular Hbond substituents is 3. The van der Waals surface area contributed by atoms with Crippen molar-refractivity contribution in [2.45, 2.75) is 13.8 Å². The van der Waals surface area contributed by atoms with E-state index in [9.17, 15) is 15.0 Å². The predicted molar refractivity (Wildman–Crippen MR) is 58.6 cm³/mol. The molecule has 0 spiro atoms. The minimum absolute atomic E-state index is 0.105. The Hall–Kier alpha value is -1.91. The first-order chi connectivity index (χ1) is 7.41. The fourth-order valence-corrected chi connectivity index (χ4v) is 1.13. The van der Waals surface area contributed by atoms with Gasteiger partial charge in [0.05, 0.1) is 0 Å². The molecule has 16 heavy (non-hydrogen) atoms. The molecule has 0 aliphatic heterocycles. The number of nitrogens with one attached hydrogen (secondary N) is 1. The van der Waals surface area contributed by atoms with Crippen LogP contribution < -0.4 is 5.32 Å². The highest BCUT2D eigenvalue weighted by Gasteiger charge is 2.13. The lowest BCUT2D eigenvalue weighted by molar-refractivity contribution is 0.0948. The summed E-state index contributed by atoms with van der Waals surface area (Å²) < 4.78 is 0. The first-order valence-electron chi connectivity index (χ1n) is 4.95. The van der Waals surface area contributed by atoms with Crippen LogP contribution in [0.25, 0.3) is 0 Å². The van der Waals surface area contributed by atoms with Crippen LogP contribution in [0.15, 0.2) is 12.1 Å². The van der Waals surface area contributed by atoms with Crippen molar-refractivity contribution in [1.29, 1.82) is 0 Å². The topological polar surface area (TPSA) is 89.8 Å². The number of aromatic hydroxyl groups is 3. The Balaban J connectivity index is 2.84. The molecule has 5 nitrogen and oxygen atoms in total. The lowest BCUT2D eigenvalue weighted by Gasteiger charge is -2.09. The number of carbonyl (C=O) groups is 1. The van der Waals surface area contributed by atoms with Crippen LogP contribution in [0, 0.1) is 5.92 Å². The van der Waals surface area contributed by atoms with Crippen molar-refractivity contribution in [2.24, 2.45) is 5.92 Å². The summed E-state index contributed by atoms with van der Waals surface area (Å²) >= 11 is 0. The van der Waals surface area contributed by atoms with Gasteiger partial charge in [0.2, 0.25) is 0 Å². The second-order valence-corrected chi connectivity index (χ2v) is 3.97. The van der Waals surface area contributed by atoms with Crippen molar-refractivity contribution in [3.05, 3.63) is 17.7 Å². The molecule has 88 valence electrons. The van der Waals surface area contributed by atoms with Gasteiger partial charge in [-0.2, -0.15) is 0 Å². The van der Waals surface area contributed by atoms with Crippen molar-refractivity contribution in [1.82, 2.24) is 5.32 Å².